The van der Waals surface area contributed by atoms with Crippen LogP contribution >= 0.6 is 0 Å². The summed E-state index contributed by atoms with van der Waals surface area (Å²) in [5.74, 6) is 1.96. The second-order valence-electron chi connectivity index (χ2n) is 9.02. The van der Waals surface area contributed by atoms with Crippen molar-refractivity contribution in [3.05, 3.63) is 127 Å². The summed E-state index contributed by atoms with van der Waals surface area (Å²) in [5.41, 5.74) is 7.34. The van der Waals surface area contributed by atoms with E-state index in [1.54, 1.807) is 0 Å². The van der Waals surface area contributed by atoms with Crippen molar-refractivity contribution in [3.63, 3.8) is 0 Å². The number of H-pyrrole nitrogens is 1. The molecule has 2 heterocycles. The molecule has 0 aliphatic rings. The van der Waals surface area contributed by atoms with Gasteiger partial charge in [0.15, 0.2) is 17.5 Å². The van der Waals surface area contributed by atoms with Gasteiger partial charge in [0.1, 0.15) is 0 Å². The fourth-order valence-corrected chi connectivity index (χ4v) is 4.86. The standard InChI is InChI=1S/C33H22N4/c1-4-12-22(13-5-1)27-20-25(21-28-26-18-10-11-19-29(26)34-30(27)28)33-36-31(23-14-6-2-7-15-23)35-32(37-33)24-16-8-3-9-17-24/h1-21,34H. The van der Waals surface area contributed by atoms with E-state index in [9.17, 15) is 0 Å². The molecule has 37 heavy (non-hydrogen) atoms. The lowest BCUT2D eigenvalue weighted by atomic mass is 9.98. The van der Waals surface area contributed by atoms with Crippen molar-refractivity contribution in [2.75, 3.05) is 0 Å². The van der Waals surface area contributed by atoms with Crippen LogP contribution in [0.25, 0.3) is 67.1 Å². The third kappa shape index (κ3) is 3.85. The fraction of sp³-hybridized carbons (Fsp3) is 0. The molecule has 1 N–H and O–H groups in total. The number of fused-ring (bicyclic) bond motifs is 3. The van der Waals surface area contributed by atoms with Crippen LogP contribution < -0.4 is 0 Å². The first-order valence-corrected chi connectivity index (χ1v) is 12.3. The lowest BCUT2D eigenvalue weighted by molar-refractivity contribution is 1.07. The summed E-state index contributed by atoms with van der Waals surface area (Å²) in [7, 11) is 0. The van der Waals surface area contributed by atoms with Gasteiger partial charge in [0.25, 0.3) is 0 Å². The first-order valence-electron chi connectivity index (χ1n) is 12.3. The molecule has 0 aliphatic heterocycles. The fourth-order valence-electron chi connectivity index (χ4n) is 4.86. The molecular formula is C33H22N4. The van der Waals surface area contributed by atoms with E-state index in [4.69, 9.17) is 15.0 Å². The van der Waals surface area contributed by atoms with E-state index in [2.05, 4.69) is 65.6 Å². The maximum Gasteiger partial charge on any atom is 0.164 e. The topological polar surface area (TPSA) is 54.5 Å². The number of hydrogen-bond acceptors (Lipinski definition) is 3. The summed E-state index contributed by atoms with van der Waals surface area (Å²) in [6, 6.07) is 43.4. The van der Waals surface area contributed by atoms with Crippen molar-refractivity contribution in [3.8, 4) is 45.3 Å². The molecule has 0 atom stereocenters. The molecule has 4 heteroatoms. The minimum atomic E-state index is 0.650. The molecule has 7 aromatic rings. The van der Waals surface area contributed by atoms with Crippen molar-refractivity contribution >= 4 is 21.8 Å². The van der Waals surface area contributed by atoms with Crippen molar-refractivity contribution in [2.45, 2.75) is 0 Å². The highest BCUT2D eigenvalue weighted by atomic mass is 15.0. The Morgan fingerprint density at radius 1 is 0.405 bits per heavy atom. The van der Waals surface area contributed by atoms with Gasteiger partial charge in [0.05, 0.1) is 5.52 Å². The summed E-state index contributed by atoms with van der Waals surface area (Å²) < 4.78 is 0. The minimum absolute atomic E-state index is 0.650. The summed E-state index contributed by atoms with van der Waals surface area (Å²) in [5, 5.41) is 2.33. The number of nitrogens with one attached hydrogen (secondary N) is 1. The Bertz CT molecular complexity index is 1800. The van der Waals surface area contributed by atoms with Gasteiger partial charge in [-0.15, -0.1) is 0 Å². The van der Waals surface area contributed by atoms with Crippen LogP contribution in [0, 0.1) is 0 Å². The van der Waals surface area contributed by atoms with E-state index in [1.807, 2.05) is 66.7 Å². The number of para-hydroxylation sites is 1. The van der Waals surface area contributed by atoms with Crippen LogP contribution in [0.5, 0.6) is 0 Å². The highest BCUT2D eigenvalue weighted by molar-refractivity contribution is 6.13. The van der Waals surface area contributed by atoms with E-state index in [0.29, 0.717) is 17.5 Å². The number of hydrogen-bond donors (Lipinski definition) is 1. The average Bonchev–Trinajstić information content (AvgIpc) is 3.36. The van der Waals surface area contributed by atoms with Gasteiger partial charge in [-0.2, -0.15) is 0 Å². The molecule has 0 radical (unpaired) electrons. The van der Waals surface area contributed by atoms with E-state index in [1.165, 1.54) is 5.39 Å². The highest BCUT2D eigenvalue weighted by Gasteiger charge is 2.16. The van der Waals surface area contributed by atoms with Gasteiger partial charge in [0.2, 0.25) is 0 Å². The third-order valence-corrected chi connectivity index (χ3v) is 6.66. The number of aromatic nitrogens is 4. The zero-order chi connectivity index (χ0) is 24.6. The lowest BCUT2D eigenvalue weighted by Gasteiger charge is -2.11. The molecule has 0 fully saturated rings. The molecule has 0 unspecified atom stereocenters. The molecule has 0 amide bonds. The van der Waals surface area contributed by atoms with Gasteiger partial charge < -0.3 is 4.98 Å². The Hall–Kier alpha value is -5.09. The number of aromatic amines is 1. The van der Waals surface area contributed by atoms with Gasteiger partial charge in [0, 0.05) is 38.5 Å². The first-order chi connectivity index (χ1) is 18.3. The highest BCUT2D eigenvalue weighted by Crippen LogP contribution is 2.37. The van der Waals surface area contributed by atoms with E-state index >= 15 is 0 Å². The average molecular weight is 475 g/mol. The Morgan fingerprint density at radius 3 is 1.49 bits per heavy atom. The summed E-state index contributed by atoms with van der Waals surface area (Å²) >= 11 is 0. The largest absolute Gasteiger partial charge is 0.354 e. The maximum absolute atomic E-state index is 4.97. The Kier molecular flexibility index (Phi) is 5.07. The van der Waals surface area contributed by atoms with Crippen LogP contribution in [0.4, 0.5) is 0 Å². The van der Waals surface area contributed by atoms with Crippen molar-refractivity contribution in [2.24, 2.45) is 0 Å². The molecule has 5 aromatic carbocycles. The van der Waals surface area contributed by atoms with Gasteiger partial charge in [-0.05, 0) is 23.8 Å². The molecule has 0 saturated carbocycles. The second-order valence-corrected chi connectivity index (χ2v) is 9.02. The van der Waals surface area contributed by atoms with Crippen LogP contribution in [0.2, 0.25) is 0 Å². The Balaban J connectivity index is 1.52. The lowest BCUT2D eigenvalue weighted by Crippen LogP contribution is -2.00. The predicted molar refractivity (Wildman–Crippen MR) is 151 cm³/mol. The van der Waals surface area contributed by atoms with Gasteiger partial charge >= 0.3 is 0 Å². The van der Waals surface area contributed by atoms with Crippen molar-refractivity contribution in [1.82, 2.24) is 19.9 Å². The molecule has 0 bridgehead atoms. The Labute approximate surface area is 214 Å². The van der Waals surface area contributed by atoms with Gasteiger partial charge in [-0.1, -0.05) is 109 Å². The number of rotatable bonds is 4. The SMILES string of the molecule is c1ccc(-c2nc(-c3ccccc3)nc(-c3cc(-c4ccccc4)c4[nH]c5ccccc5c4c3)n2)cc1. The molecule has 0 aliphatic carbocycles. The maximum atomic E-state index is 4.97. The minimum Gasteiger partial charge on any atom is -0.354 e. The first kappa shape index (κ1) is 21.2. The summed E-state index contributed by atoms with van der Waals surface area (Å²) in [6.45, 7) is 0. The van der Waals surface area contributed by atoms with Crippen LogP contribution in [0.3, 0.4) is 0 Å². The molecule has 2 aromatic heterocycles. The third-order valence-electron chi connectivity index (χ3n) is 6.66. The van der Waals surface area contributed by atoms with Gasteiger partial charge in [-0.3, -0.25) is 0 Å². The van der Waals surface area contributed by atoms with Gasteiger partial charge in [-0.25, -0.2) is 15.0 Å². The van der Waals surface area contributed by atoms with E-state index in [-0.39, 0.29) is 0 Å². The molecule has 0 spiro atoms. The smallest absolute Gasteiger partial charge is 0.164 e. The molecule has 7 rings (SSSR count). The van der Waals surface area contributed by atoms with Crippen LogP contribution in [-0.4, -0.2) is 19.9 Å². The number of nitrogens with zero attached hydrogens (tertiary/aromatic N) is 3. The van der Waals surface area contributed by atoms with E-state index in [0.717, 1.165) is 44.2 Å². The van der Waals surface area contributed by atoms with Crippen LogP contribution in [-0.2, 0) is 0 Å². The molecule has 4 nitrogen and oxygen atoms in total. The quantitative estimate of drug-likeness (QED) is 0.280. The zero-order valence-corrected chi connectivity index (χ0v) is 20.0. The number of benzene rings is 5. The van der Waals surface area contributed by atoms with Crippen molar-refractivity contribution in [1.29, 1.82) is 0 Å². The van der Waals surface area contributed by atoms with Crippen LogP contribution in [0.15, 0.2) is 127 Å². The Morgan fingerprint density at radius 2 is 0.892 bits per heavy atom. The molecule has 174 valence electrons. The van der Waals surface area contributed by atoms with Crippen LogP contribution in [0.1, 0.15) is 0 Å². The van der Waals surface area contributed by atoms with Crippen molar-refractivity contribution < 1.29 is 0 Å². The van der Waals surface area contributed by atoms with E-state index < -0.39 is 0 Å². The molecular weight excluding hydrogens is 452 g/mol. The molecule has 0 saturated heterocycles. The normalized spacial score (nSPS) is 11.2. The summed E-state index contributed by atoms with van der Waals surface area (Å²) in [4.78, 5) is 18.4. The summed E-state index contributed by atoms with van der Waals surface area (Å²) in [6.07, 6.45) is 0. The predicted octanol–water partition coefficient (Wildman–Crippen LogP) is 8.17. The second kappa shape index (κ2) is 8.85. The zero-order valence-electron chi connectivity index (χ0n) is 20.0. The monoisotopic (exact) mass is 474 g/mol.